The monoisotopic (exact) mass is 530 g/mol. The number of pyridine rings is 1. The summed E-state index contributed by atoms with van der Waals surface area (Å²) >= 11 is 4.09. The van der Waals surface area contributed by atoms with Crippen molar-refractivity contribution in [1.29, 1.82) is 0 Å². The number of aliphatic carboxylic acids is 1. The molecule has 0 aliphatic carbocycles. The summed E-state index contributed by atoms with van der Waals surface area (Å²) < 4.78 is 3.02. The number of carboxylic acid groups (broad SMARTS) is 1. The summed E-state index contributed by atoms with van der Waals surface area (Å²) in [7, 11) is 1.28. The van der Waals surface area contributed by atoms with Gasteiger partial charge in [0.2, 0.25) is 5.52 Å². The van der Waals surface area contributed by atoms with Crippen LogP contribution < -0.4 is 20.7 Å². The molecule has 3 aromatic rings. The molecular weight excluding hydrogens is 512 g/mol. The minimum absolute atomic E-state index is 0.135. The first kappa shape index (κ1) is 23.3. The molecule has 180 valence electrons. The number of rotatable bonds is 7. The molecule has 0 aromatic carbocycles. The molecule has 0 spiro atoms. The van der Waals surface area contributed by atoms with Crippen LogP contribution in [0, 0.1) is 0 Å². The SMILES string of the molecule is CO/N=C(\C(=O)NC1C(=O)N2C(C(=O)[O-])=C(C[n+]3cccc4sccc43)CS[C@H]12)c1csc(N)n1. The fourth-order valence-electron chi connectivity index (χ4n) is 4.03. The largest absolute Gasteiger partial charge is 0.543 e. The number of aromatic nitrogens is 2. The maximum absolute atomic E-state index is 13.0. The zero-order valence-electron chi connectivity index (χ0n) is 18.2. The Bertz CT molecular complexity index is 1410. The summed E-state index contributed by atoms with van der Waals surface area (Å²) in [4.78, 5) is 47.9. The molecule has 3 N–H and O–H groups in total. The van der Waals surface area contributed by atoms with Gasteiger partial charge in [0.15, 0.2) is 23.6 Å². The van der Waals surface area contributed by atoms with E-state index in [0.717, 1.165) is 21.6 Å². The Morgan fingerprint density at radius 2 is 2.23 bits per heavy atom. The molecule has 1 fully saturated rings. The van der Waals surface area contributed by atoms with E-state index in [4.69, 9.17) is 10.6 Å². The van der Waals surface area contributed by atoms with Crippen molar-refractivity contribution < 1.29 is 28.9 Å². The number of oxime groups is 1. The van der Waals surface area contributed by atoms with Gasteiger partial charge < -0.3 is 25.8 Å². The molecular formula is C21H18N6O5S3. The lowest BCUT2D eigenvalue weighted by Crippen LogP contribution is -2.71. The number of nitrogens with two attached hydrogens (primary N) is 1. The highest BCUT2D eigenvalue weighted by Gasteiger charge is 2.53. The summed E-state index contributed by atoms with van der Waals surface area (Å²) in [6, 6.07) is 4.91. The molecule has 5 rings (SSSR count). The number of fused-ring (bicyclic) bond motifs is 2. The second-order valence-corrected chi connectivity index (χ2v) is 10.5. The van der Waals surface area contributed by atoms with Crippen molar-refractivity contribution in [2.45, 2.75) is 18.0 Å². The molecule has 0 radical (unpaired) electrons. The summed E-state index contributed by atoms with van der Waals surface area (Å²) in [5.41, 5.74) is 7.11. The van der Waals surface area contributed by atoms with Crippen molar-refractivity contribution in [3.8, 4) is 0 Å². The predicted octanol–water partition coefficient (Wildman–Crippen LogP) is -0.318. The van der Waals surface area contributed by atoms with Gasteiger partial charge >= 0.3 is 0 Å². The molecule has 14 heteroatoms. The summed E-state index contributed by atoms with van der Waals surface area (Å²) in [6.45, 7) is 0.299. The van der Waals surface area contributed by atoms with Gasteiger partial charge in [-0.05, 0) is 11.4 Å². The van der Waals surface area contributed by atoms with E-state index in [1.807, 2.05) is 34.3 Å². The number of anilines is 1. The molecule has 2 aliphatic heterocycles. The highest BCUT2D eigenvalue weighted by atomic mass is 32.2. The van der Waals surface area contributed by atoms with Crippen LogP contribution in [0.1, 0.15) is 5.69 Å². The highest BCUT2D eigenvalue weighted by molar-refractivity contribution is 8.00. The number of β-lactam (4-membered cyclic amide) rings is 1. The number of thiazole rings is 1. The molecule has 0 bridgehead atoms. The fourth-order valence-corrected chi connectivity index (χ4v) is 6.72. The van der Waals surface area contributed by atoms with Crippen molar-refractivity contribution in [2.75, 3.05) is 18.6 Å². The number of thiophene rings is 1. The Balaban J connectivity index is 1.38. The number of nitrogen functional groups attached to an aromatic ring is 1. The molecule has 3 aromatic heterocycles. The van der Waals surface area contributed by atoms with Gasteiger partial charge in [-0.1, -0.05) is 5.16 Å². The number of carbonyl (C=O) groups is 3. The third kappa shape index (κ3) is 4.13. The van der Waals surface area contributed by atoms with Gasteiger partial charge in [-0.3, -0.25) is 14.5 Å². The second kappa shape index (κ2) is 9.28. The minimum Gasteiger partial charge on any atom is -0.543 e. The van der Waals surface area contributed by atoms with Crippen LogP contribution in [0.25, 0.3) is 10.2 Å². The van der Waals surface area contributed by atoms with Gasteiger partial charge in [0, 0.05) is 28.8 Å². The third-order valence-corrected chi connectivity index (χ3v) is 8.43. The Kier molecular flexibility index (Phi) is 6.17. The first-order chi connectivity index (χ1) is 16.9. The quantitative estimate of drug-likeness (QED) is 0.182. The van der Waals surface area contributed by atoms with Crippen LogP contribution in [0.5, 0.6) is 0 Å². The first-order valence-electron chi connectivity index (χ1n) is 10.3. The maximum atomic E-state index is 13.0. The predicted molar refractivity (Wildman–Crippen MR) is 129 cm³/mol. The van der Waals surface area contributed by atoms with Gasteiger partial charge in [0.1, 0.15) is 24.2 Å². The zero-order valence-corrected chi connectivity index (χ0v) is 20.6. The smallest absolute Gasteiger partial charge is 0.276 e. The van der Waals surface area contributed by atoms with Crippen LogP contribution in [0.15, 0.2) is 51.6 Å². The number of amides is 2. The van der Waals surface area contributed by atoms with Crippen molar-refractivity contribution >= 4 is 73.3 Å². The zero-order chi connectivity index (χ0) is 24.7. The van der Waals surface area contributed by atoms with Crippen LogP contribution in [0.4, 0.5) is 5.13 Å². The maximum Gasteiger partial charge on any atom is 0.276 e. The van der Waals surface area contributed by atoms with Crippen molar-refractivity contribution in [2.24, 2.45) is 5.16 Å². The number of carbonyl (C=O) groups excluding carboxylic acids is 3. The van der Waals surface area contributed by atoms with Gasteiger partial charge in [-0.2, -0.15) is 4.57 Å². The highest BCUT2D eigenvalue weighted by Crippen LogP contribution is 2.40. The molecule has 2 amide bonds. The molecule has 0 saturated carbocycles. The minimum atomic E-state index is -1.43. The lowest BCUT2D eigenvalue weighted by molar-refractivity contribution is -0.663. The van der Waals surface area contributed by atoms with Crippen LogP contribution >= 0.6 is 34.4 Å². The Morgan fingerprint density at radius 1 is 1.40 bits per heavy atom. The Hall–Kier alpha value is -3.49. The van der Waals surface area contributed by atoms with E-state index in [1.165, 1.54) is 23.8 Å². The van der Waals surface area contributed by atoms with Crippen LogP contribution in [0.2, 0.25) is 0 Å². The molecule has 11 nitrogen and oxygen atoms in total. The van der Waals surface area contributed by atoms with Gasteiger partial charge in [0.25, 0.3) is 11.8 Å². The van der Waals surface area contributed by atoms with Gasteiger partial charge in [0.05, 0.1) is 16.4 Å². The fraction of sp³-hybridized carbons (Fsp3) is 0.238. The van der Waals surface area contributed by atoms with E-state index in [-0.39, 0.29) is 22.2 Å². The number of hydrogen-bond acceptors (Lipinski definition) is 11. The molecule has 1 unspecified atom stereocenters. The number of carboxylic acids is 1. The number of hydrogen-bond donors (Lipinski definition) is 2. The topological polar surface area (TPSA) is 154 Å². The summed E-state index contributed by atoms with van der Waals surface area (Å²) in [5, 5.41) is 21.6. The number of nitrogens with zero attached hydrogens (tertiary/aromatic N) is 4. The van der Waals surface area contributed by atoms with E-state index in [1.54, 1.807) is 16.7 Å². The normalized spacial score (nSPS) is 20.0. The van der Waals surface area contributed by atoms with E-state index in [0.29, 0.717) is 17.9 Å². The third-order valence-electron chi connectivity index (χ3n) is 5.55. The molecule has 1 saturated heterocycles. The van der Waals surface area contributed by atoms with Crippen molar-refractivity contribution in [3.05, 3.63) is 52.1 Å². The first-order valence-corrected chi connectivity index (χ1v) is 13.1. The van der Waals surface area contributed by atoms with Crippen LogP contribution in [-0.2, 0) is 25.8 Å². The molecule has 2 atom stereocenters. The molecule has 5 heterocycles. The van der Waals surface area contributed by atoms with Crippen molar-refractivity contribution in [1.82, 2.24) is 15.2 Å². The van der Waals surface area contributed by atoms with E-state index < -0.39 is 29.2 Å². The Morgan fingerprint density at radius 3 is 2.94 bits per heavy atom. The van der Waals surface area contributed by atoms with Gasteiger partial charge in [-0.15, -0.1) is 34.4 Å². The second-order valence-electron chi connectivity index (χ2n) is 7.60. The van der Waals surface area contributed by atoms with E-state index >= 15 is 0 Å². The average Bonchev–Trinajstić information content (AvgIpc) is 3.49. The lowest BCUT2D eigenvalue weighted by Gasteiger charge is -2.50. The number of thioether (sulfide) groups is 1. The number of nitrogens with one attached hydrogen (secondary N) is 1. The van der Waals surface area contributed by atoms with Crippen LogP contribution in [0.3, 0.4) is 0 Å². The van der Waals surface area contributed by atoms with E-state index in [2.05, 4.69) is 15.5 Å². The molecule has 35 heavy (non-hydrogen) atoms. The van der Waals surface area contributed by atoms with Crippen molar-refractivity contribution in [3.63, 3.8) is 0 Å². The average molecular weight is 531 g/mol. The molecule has 2 aliphatic rings. The Labute approximate surface area is 210 Å². The summed E-state index contributed by atoms with van der Waals surface area (Å²) in [6.07, 6.45) is 1.87. The van der Waals surface area contributed by atoms with Crippen LogP contribution in [-0.4, -0.2) is 57.7 Å². The van der Waals surface area contributed by atoms with E-state index in [9.17, 15) is 19.5 Å². The summed E-state index contributed by atoms with van der Waals surface area (Å²) in [5.74, 6) is -2.29. The van der Waals surface area contributed by atoms with Gasteiger partial charge in [-0.25, -0.2) is 4.98 Å². The lowest BCUT2D eigenvalue weighted by atomic mass is 10.0. The standard InChI is InChI=1S/C21H18N6O5S3/c1-32-25-14(11-9-35-21(22)23-11)17(28)24-15-18(29)27-16(20(30)31)10(8-34-19(15)27)7-26-5-2-3-13-12(26)4-6-33-13/h2-6,9,15,19H,7-8H2,1H3,(H3-,22,23,24,28,30,31)/b25-14-/t15?,19-/m1/s1.